The van der Waals surface area contributed by atoms with E-state index in [4.69, 9.17) is 13.0 Å². The third-order valence-corrected chi connectivity index (χ3v) is 3.86. The lowest BCUT2D eigenvalue weighted by atomic mass is 9.98. The van der Waals surface area contributed by atoms with Crippen LogP contribution in [0.2, 0.25) is 0 Å². The van der Waals surface area contributed by atoms with Gasteiger partial charge in [0.1, 0.15) is 0 Å². The van der Waals surface area contributed by atoms with Gasteiger partial charge in [-0.05, 0) is 41.5 Å². The lowest BCUT2D eigenvalue weighted by molar-refractivity contribution is -0.143. The highest BCUT2D eigenvalue weighted by molar-refractivity contribution is 6.37. The average molecular weight is 278 g/mol. The summed E-state index contributed by atoms with van der Waals surface area (Å²) in [5.74, 6) is -0.555. The van der Waals surface area contributed by atoms with Crippen LogP contribution in [0, 0.1) is 10.8 Å². The second kappa shape index (κ2) is 6.32. The summed E-state index contributed by atoms with van der Waals surface area (Å²) in [7, 11) is -2.74. The van der Waals surface area contributed by atoms with Gasteiger partial charge in [-0.1, -0.05) is 0 Å². The Morgan fingerprint density at radius 3 is 1.29 bits per heavy atom. The third kappa shape index (κ3) is 7.29. The zero-order valence-corrected chi connectivity index (χ0v) is 14.3. The molecule has 0 aromatic carbocycles. The van der Waals surface area contributed by atoms with Gasteiger partial charge in [-0.3, -0.25) is 9.59 Å². The molecule has 0 saturated heterocycles. The van der Waals surface area contributed by atoms with E-state index in [1.165, 1.54) is 0 Å². The van der Waals surface area contributed by atoms with E-state index in [9.17, 15) is 9.59 Å². The minimum absolute atomic E-state index is 0.277. The maximum Gasteiger partial charge on any atom is 0.360 e. The van der Waals surface area contributed by atoms with Crippen LogP contribution in [0.15, 0.2) is 0 Å². The van der Waals surface area contributed by atoms with E-state index in [1.54, 1.807) is 41.5 Å². The SMILES string of the molecule is CC(C)(C)C(=O)O[SiH2]O[SiH2]OC(=O)C(C)(C)C. The topological polar surface area (TPSA) is 61.8 Å². The molecular weight excluding hydrogens is 256 g/mol. The molecule has 17 heavy (non-hydrogen) atoms. The third-order valence-electron chi connectivity index (χ3n) is 1.77. The van der Waals surface area contributed by atoms with Gasteiger partial charge in [0.05, 0.1) is 10.8 Å². The number of hydrogen-bond donors (Lipinski definition) is 0. The zero-order valence-electron chi connectivity index (χ0n) is 11.5. The highest BCUT2D eigenvalue weighted by atomic mass is 28.3. The number of carbonyl (C=O) groups is 2. The van der Waals surface area contributed by atoms with Gasteiger partial charge in [-0.2, -0.15) is 0 Å². The molecule has 0 aliphatic rings. The Morgan fingerprint density at radius 1 is 0.765 bits per heavy atom. The summed E-state index contributed by atoms with van der Waals surface area (Å²) in [5, 5.41) is 0. The Hall–Kier alpha value is -0.666. The molecule has 0 amide bonds. The molecule has 0 aromatic rings. The van der Waals surface area contributed by atoms with Crippen molar-refractivity contribution < 1.29 is 22.6 Å². The smallest absolute Gasteiger partial charge is 0.360 e. The fraction of sp³-hybridized carbons (Fsp3) is 0.800. The second-order valence-electron chi connectivity index (χ2n) is 5.80. The van der Waals surface area contributed by atoms with E-state index in [2.05, 4.69) is 0 Å². The van der Waals surface area contributed by atoms with Crippen molar-refractivity contribution in [1.29, 1.82) is 0 Å². The fourth-order valence-electron chi connectivity index (χ4n) is 0.657. The summed E-state index contributed by atoms with van der Waals surface area (Å²) >= 11 is 0. The molecule has 0 rings (SSSR count). The average Bonchev–Trinajstić information content (AvgIpc) is 2.13. The van der Waals surface area contributed by atoms with E-state index in [1.807, 2.05) is 0 Å². The van der Waals surface area contributed by atoms with Gasteiger partial charge in [0.25, 0.3) is 11.9 Å². The van der Waals surface area contributed by atoms with Crippen LogP contribution < -0.4 is 0 Å². The molecule has 0 radical (unpaired) electrons. The van der Waals surface area contributed by atoms with Crippen LogP contribution >= 0.6 is 0 Å². The summed E-state index contributed by atoms with van der Waals surface area (Å²) in [5.41, 5.74) is -1.03. The van der Waals surface area contributed by atoms with E-state index in [0.717, 1.165) is 0 Å². The van der Waals surface area contributed by atoms with Crippen molar-refractivity contribution in [3.63, 3.8) is 0 Å². The van der Waals surface area contributed by atoms with Crippen LogP contribution in [0.1, 0.15) is 41.5 Å². The predicted molar refractivity (Wildman–Crippen MR) is 69.3 cm³/mol. The normalized spacial score (nSPS) is 13.5. The van der Waals surface area contributed by atoms with Crippen LogP contribution in [0.25, 0.3) is 0 Å². The van der Waals surface area contributed by atoms with Gasteiger partial charge < -0.3 is 13.0 Å². The largest absolute Gasteiger partial charge is 0.499 e. The molecule has 0 N–H and O–H groups in total. The van der Waals surface area contributed by atoms with Crippen molar-refractivity contribution in [2.75, 3.05) is 0 Å². The first kappa shape index (κ1) is 16.3. The lowest BCUT2D eigenvalue weighted by Crippen LogP contribution is -2.28. The quantitative estimate of drug-likeness (QED) is 0.542. The van der Waals surface area contributed by atoms with Crippen molar-refractivity contribution in [1.82, 2.24) is 0 Å². The van der Waals surface area contributed by atoms with Crippen molar-refractivity contribution in [2.24, 2.45) is 10.8 Å². The molecule has 0 heterocycles. The van der Waals surface area contributed by atoms with Crippen molar-refractivity contribution >= 4 is 32.0 Å². The molecule has 0 saturated carbocycles. The number of carbonyl (C=O) groups excluding carboxylic acids is 2. The summed E-state index contributed by atoms with van der Waals surface area (Å²) in [6.45, 7) is 10.7. The summed E-state index contributed by atoms with van der Waals surface area (Å²) in [6, 6.07) is 0. The summed E-state index contributed by atoms with van der Waals surface area (Å²) in [4.78, 5) is 22.7. The highest BCUT2D eigenvalue weighted by Gasteiger charge is 2.24. The molecule has 5 nitrogen and oxygen atoms in total. The highest BCUT2D eigenvalue weighted by Crippen LogP contribution is 2.15. The minimum Gasteiger partial charge on any atom is -0.499 e. The molecule has 7 heteroatoms. The van der Waals surface area contributed by atoms with Crippen LogP contribution in [0.4, 0.5) is 0 Å². The maximum absolute atomic E-state index is 11.4. The first-order valence-corrected chi connectivity index (χ1v) is 7.78. The monoisotopic (exact) mass is 278 g/mol. The van der Waals surface area contributed by atoms with Crippen molar-refractivity contribution in [3.05, 3.63) is 0 Å². The van der Waals surface area contributed by atoms with Gasteiger partial charge in [0, 0.05) is 0 Å². The van der Waals surface area contributed by atoms with Crippen molar-refractivity contribution in [3.8, 4) is 0 Å². The summed E-state index contributed by atoms with van der Waals surface area (Å²) < 4.78 is 15.1. The van der Waals surface area contributed by atoms with E-state index < -0.39 is 30.8 Å². The van der Waals surface area contributed by atoms with Crippen LogP contribution in [0.5, 0.6) is 0 Å². The zero-order chi connectivity index (χ0) is 13.7. The van der Waals surface area contributed by atoms with Crippen LogP contribution in [-0.4, -0.2) is 32.0 Å². The molecule has 0 unspecified atom stereocenters. The van der Waals surface area contributed by atoms with E-state index >= 15 is 0 Å². The molecular formula is C10H22O5Si2. The van der Waals surface area contributed by atoms with E-state index in [-0.39, 0.29) is 11.9 Å². The van der Waals surface area contributed by atoms with Gasteiger partial charge in [0.15, 0.2) is 0 Å². The molecule has 100 valence electrons. The van der Waals surface area contributed by atoms with Gasteiger partial charge >= 0.3 is 20.0 Å². The molecule has 0 fully saturated rings. The second-order valence-corrected chi connectivity index (χ2v) is 8.49. The van der Waals surface area contributed by atoms with E-state index in [0.29, 0.717) is 0 Å². The first-order valence-electron chi connectivity index (χ1n) is 5.47. The Labute approximate surface area is 107 Å². The molecule has 0 aliphatic heterocycles. The standard InChI is InChI=1S/C10H22O5Si2/c1-9(2,3)7(11)13-16-15-17-14-8(12)10(4,5)6/h16-17H2,1-6H3. The molecule has 0 bridgehead atoms. The predicted octanol–water partition coefficient (Wildman–Crippen LogP) is 0.179. The Kier molecular flexibility index (Phi) is 6.07. The lowest BCUT2D eigenvalue weighted by Gasteiger charge is -2.18. The minimum atomic E-state index is -1.37. The molecule has 0 aromatic heterocycles. The Balaban J connectivity index is 3.68. The Morgan fingerprint density at radius 2 is 1.06 bits per heavy atom. The summed E-state index contributed by atoms with van der Waals surface area (Å²) in [6.07, 6.45) is 0. The van der Waals surface area contributed by atoms with Crippen LogP contribution in [0.3, 0.4) is 0 Å². The molecule has 0 aliphatic carbocycles. The first-order chi connectivity index (χ1) is 7.55. The number of rotatable bonds is 4. The van der Waals surface area contributed by atoms with Gasteiger partial charge in [-0.15, -0.1) is 0 Å². The Bertz CT molecular complexity index is 249. The van der Waals surface area contributed by atoms with Crippen molar-refractivity contribution in [2.45, 2.75) is 41.5 Å². The fourth-order valence-corrected chi connectivity index (χ4v) is 2.68. The number of hydrogen-bond acceptors (Lipinski definition) is 5. The maximum atomic E-state index is 11.4. The molecule has 0 spiro atoms. The van der Waals surface area contributed by atoms with Gasteiger partial charge in [0.2, 0.25) is 0 Å². The molecule has 0 atom stereocenters. The van der Waals surface area contributed by atoms with Crippen LogP contribution in [-0.2, 0) is 22.6 Å². The van der Waals surface area contributed by atoms with Gasteiger partial charge in [-0.25, -0.2) is 0 Å².